The lowest BCUT2D eigenvalue weighted by molar-refractivity contribution is 0.251. The number of urea groups is 1. The molecule has 94 valence electrons. The molecule has 0 spiro atoms. The number of carbonyl (C=O) groups excluding carboxylic acids is 1. The Morgan fingerprint density at radius 2 is 2.28 bits per heavy atom. The summed E-state index contributed by atoms with van der Waals surface area (Å²) in [6.45, 7) is 2.11. The second-order valence-electron chi connectivity index (χ2n) is 3.86. The number of nitrogens with zero attached hydrogens (tertiary/aromatic N) is 1. The van der Waals surface area contributed by atoms with Gasteiger partial charge in [0.1, 0.15) is 11.5 Å². The van der Waals surface area contributed by atoms with Gasteiger partial charge in [0.05, 0.1) is 6.54 Å². The molecule has 0 saturated carbocycles. The normalized spacial score (nSPS) is 10.1. The van der Waals surface area contributed by atoms with Crippen molar-refractivity contribution in [3.05, 3.63) is 41.8 Å². The molecular formula is C12H14N4O2. The Kier molecular flexibility index (Phi) is 3.47. The number of hydrogen-bond donors (Lipinski definition) is 3. The number of anilines is 2. The summed E-state index contributed by atoms with van der Waals surface area (Å²) in [5, 5.41) is 9.11. The second kappa shape index (κ2) is 5.22. The van der Waals surface area contributed by atoms with Crippen molar-refractivity contribution in [2.24, 2.45) is 0 Å². The van der Waals surface area contributed by atoms with Crippen molar-refractivity contribution in [1.82, 2.24) is 10.5 Å². The van der Waals surface area contributed by atoms with Gasteiger partial charge in [0.25, 0.3) is 0 Å². The van der Waals surface area contributed by atoms with Crippen molar-refractivity contribution in [2.45, 2.75) is 13.5 Å². The lowest BCUT2D eigenvalue weighted by Crippen LogP contribution is -2.28. The van der Waals surface area contributed by atoms with E-state index in [2.05, 4.69) is 15.8 Å². The minimum absolute atomic E-state index is 0.311. The summed E-state index contributed by atoms with van der Waals surface area (Å²) in [5.41, 5.74) is 7.52. The van der Waals surface area contributed by atoms with Crippen LogP contribution >= 0.6 is 0 Å². The molecule has 0 aliphatic heterocycles. The van der Waals surface area contributed by atoms with E-state index < -0.39 is 0 Å². The number of nitrogen functional groups attached to an aromatic ring is 1. The first-order valence-electron chi connectivity index (χ1n) is 5.46. The minimum Gasteiger partial charge on any atom is -0.399 e. The van der Waals surface area contributed by atoms with Crippen molar-refractivity contribution in [2.75, 3.05) is 11.1 Å². The van der Waals surface area contributed by atoms with Gasteiger partial charge in [-0.3, -0.25) is 0 Å². The molecule has 2 amide bonds. The Balaban J connectivity index is 1.85. The first kappa shape index (κ1) is 12.0. The molecule has 1 aromatic carbocycles. The van der Waals surface area contributed by atoms with E-state index in [9.17, 15) is 4.79 Å². The Hall–Kier alpha value is -2.50. The number of rotatable bonds is 3. The molecule has 6 heteroatoms. The highest BCUT2D eigenvalue weighted by atomic mass is 16.5. The summed E-state index contributed by atoms with van der Waals surface area (Å²) in [7, 11) is 0. The predicted octanol–water partition coefficient (Wildman–Crippen LogP) is 1.89. The monoisotopic (exact) mass is 246 g/mol. The average molecular weight is 246 g/mol. The molecule has 2 rings (SSSR count). The summed E-state index contributed by atoms with van der Waals surface area (Å²) in [6, 6.07) is 8.41. The van der Waals surface area contributed by atoms with Gasteiger partial charge in [0, 0.05) is 17.4 Å². The summed E-state index contributed by atoms with van der Waals surface area (Å²) in [4.78, 5) is 11.6. The fourth-order valence-corrected chi connectivity index (χ4v) is 1.46. The zero-order chi connectivity index (χ0) is 13.0. The van der Waals surface area contributed by atoms with Crippen molar-refractivity contribution in [3.8, 4) is 0 Å². The molecule has 1 aromatic heterocycles. The van der Waals surface area contributed by atoms with E-state index in [0.29, 0.717) is 29.4 Å². The zero-order valence-corrected chi connectivity index (χ0v) is 9.93. The maximum absolute atomic E-state index is 11.6. The predicted molar refractivity (Wildman–Crippen MR) is 68.0 cm³/mol. The molecule has 0 saturated heterocycles. The molecule has 0 aliphatic carbocycles. The fraction of sp³-hybridized carbons (Fsp3) is 0.167. The van der Waals surface area contributed by atoms with Gasteiger partial charge >= 0.3 is 6.03 Å². The van der Waals surface area contributed by atoms with Gasteiger partial charge in [-0.05, 0) is 25.1 Å². The van der Waals surface area contributed by atoms with Crippen LogP contribution < -0.4 is 16.4 Å². The van der Waals surface area contributed by atoms with Crippen LogP contribution in [0.15, 0.2) is 34.9 Å². The van der Waals surface area contributed by atoms with Crippen LogP contribution in [0.25, 0.3) is 0 Å². The van der Waals surface area contributed by atoms with Crippen molar-refractivity contribution in [3.63, 3.8) is 0 Å². The Bertz CT molecular complexity index is 551. The molecule has 6 nitrogen and oxygen atoms in total. The molecule has 1 heterocycles. The number of carbonyl (C=O) groups is 1. The lowest BCUT2D eigenvalue weighted by Gasteiger charge is -2.06. The third-order valence-electron chi connectivity index (χ3n) is 2.25. The van der Waals surface area contributed by atoms with Crippen LogP contribution in [0, 0.1) is 6.92 Å². The number of aromatic nitrogens is 1. The highest BCUT2D eigenvalue weighted by Gasteiger charge is 2.04. The van der Waals surface area contributed by atoms with Crippen molar-refractivity contribution >= 4 is 17.4 Å². The SMILES string of the molecule is Cc1cc(CNC(=O)Nc2cccc(N)c2)no1. The van der Waals surface area contributed by atoms with Crippen molar-refractivity contribution in [1.29, 1.82) is 0 Å². The van der Waals surface area contributed by atoms with Crippen LogP contribution in [0.5, 0.6) is 0 Å². The van der Waals surface area contributed by atoms with E-state index in [4.69, 9.17) is 10.3 Å². The second-order valence-corrected chi connectivity index (χ2v) is 3.86. The maximum atomic E-state index is 11.6. The largest absolute Gasteiger partial charge is 0.399 e. The number of hydrogen-bond acceptors (Lipinski definition) is 4. The van der Waals surface area contributed by atoms with Gasteiger partial charge in [-0.1, -0.05) is 11.2 Å². The van der Waals surface area contributed by atoms with Gasteiger partial charge < -0.3 is 20.9 Å². The topological polar surface area (TPSA) is 93.2 Å². The summed E-state index contributed by atoms with van der Waals surface area (Å²) >= 11 is 0. The molecule has 0 bridgehead atoms. The third kappa shape index (κ3) is 3.24. The highest BCUT2D eigenvalue weighted by molar-refractivity contribution is 5.89. The van der Waals surface area contributed by atoms with Crippen molar-refractivity contribution < 1.29 is 9.32 Å². The molecule has 18 heavy (non-hydrogen) atoms. The Morgan fingerprint density at radius 3 is 2.94 bits per heavy atom. The Morgan fingerprint density at radius 1 is 1.44 bits per heavy atom. The standard InChI is InChI=1S/C12H14N4O2/c1-8-5-11(16-18-8)7-14-12(17)15-10-4-2-3-9(13)6-10/h2-6H,7,13H2,1H3,(H2,14,15,17). The summed E-state index contributed by atoms with van der Waals surface area (Å²) in [5.74, 6) is 0.711. The van der Waals surface area contributed by atoms with Crippen LogP contribution in [-0.2, 0) is 6.54 Å². The maximum Gasteiger partial charge on any atom is 0.319 e. The zero-order valence-electron chi connectivity index (χ0n) is 9.93. The van der Waals surface area contributed by atoms with Crippen LogP contribution in [0.3, 0.4) is 0 Å². The first-order chi connectivity index (χ1) is 8.63. The van der Waals surface area contributed by atoms with E-state index in [1.807, 2.05) is 0 Å². The number of benzene rings is 1. The van der Waals surface area contributed by atoms with Gasteiger partial charge in [-0.2, -0.15) is 0 Å². The van der Waals surface area contributed by atoms with E-state index in [1.54, 1.807) is 37.3 Å². The molecular weight excluding hydrogens is 232 g/mol. The molecule has 0 atom stereocenters. The van der Waals surface area contributed by atoms with Gasteiger partial charge in [0.2, 0.25) is 0 Å². The molecule has 2 aromatic rings. The van der Waals surface area contributed by atoms with E-state index in [-0.39, 0.29) is 6.03 Å². The summed E-state index contributed by atoms with van der Waals surface area (Å²) in [6.07, 6.45) is 0. The van der Waals surface area contributed by atoms with Crippen LogP contribution in [0.1, 0.15) is 11.5 Å². The van der Waals surface area contributed by atoms with Crippen LogP contribution in [0.4, 0.5) is 16.2 Å². The quantitative estimate of drug-likeness (QED) is 0.721. The average Bonchev–Trinajstić information content (AvgIpc) is 2.73. The number of nitrogens with two attached hydrogens (primary N) is 1. The molecule has 0 aliphatic rings. The number of aryl methyl sites for hydroxylation is 1. The molecule has 4 N–H and O–H groups in total. The third-order valence-corrected chi connectivity index (χ3v) is 2.25. The first-order valence-corrected chi connectivity index (χ1v) is 5.46. The molecule has 0 radical (unpaired) electrons. The molecule has 0 fully saturated rings. The molecule has 0 unspecified atom stereocenters. The van der Waals surface area contributed by atoms with Crippen LogP contribution in [-0.4, -0.2) is 11.2 Å². The van der Waals surface area contributed by atoms with E-state index in [1.165, 1.54) is 0 Å². The van der Waals surface area contributed by atoms with E-state index in [0.717, 1.165) is 0 Å². The smallest absolute Gasteiger partial charge is 0.319 e. The Labute approximate surface area is 104 Å². The van der Waals surface area contributed by atoms with E-state index >= 15 is 0 Å². The van der Waals surface area contributed by atoms with Gasteiger partial charge in [-0.25, -0.2) is 4.79 Å². The number of amides is 2. The van der Waals surface area contributed by atoms with Crippen LogP contribution in [0.2, 0.25) is 0 Å². The minimum atomic E-state index is -0.318. The summed E-state index contributed by atoms with van der Waals surface area (Å²) < 4.78 is 4.89. The number of nitrogens with one attached hydrogen (secondary N) is 2. The lowest BCUT2D eigenvalue weighted by atomic mass is 10.3. The van der Waals surface area contributed by atoms with Gasteiger partial charge in [-0.15, -0.1) is 0 Å². The highest BCUT2D eigenvalue weighted by Crippen LogP contribution is 2.11. The fourth-order valence-electron chi connectivity index (χ4n) is 1.46. The van der Waals surface area contributed by atoms with Gasteiger partial charge in [0.15, 0.2) is 0 Å².